The van der Waals surface area contributed by atoms with Gasteiger partial charge in [0.05, 0.1) is 0 Å². The predicted molar refractivity (Wildman–Crippen MR) is 71.6 cm³/mol. The standard InChI is InChI=1S/C13H20ClN3/c1-10-11(14)15-9-16-12(10)17-7-4-5-13(2,3)6-8-17/h9H,4-8H2,1-3H3. The molecule has 0 aliphatic carbocycles. The fourth-order valence-corrected chi connectivity index (χ4v) is 2.50. The Bertz CT molecular complexity index is 404. The van der Waals surface area contributed by atoms with Crippen LogP contribution in [0.4, 0.5) is 5.82 Å². The van der Waals surface area contributed by atoms with E-state index in [4.69, 9.17) is 11.6 Å². The van der Waals surface area contributed by atoms with Gasteiger partial charge in [-0.05, 0) is 31.6 Å². The van der Waals surface area contributed by atoms with Crippen molar-refractivity contribution in [3.05, 3.63) is 17.0 Å². The Morgan fingerprint density at radius 2 is 2.00 bits per heavy atom. The highest BCUT2D eigenvalue weighted by atomic mass is 35.5. The van der Waals surface area contributed by atoms with Crippen molar-refractivity contribution >= 4 is 17.4 Å². The van der Waals surface area contributed by atoms with E-state index in [1.54, 1.807) is 6.33 Å². The molecule has 0 bridgehead atoms. The van der Waals surface area contributed by atoms with Crippen LogP contribution in [0.25, 0.3) is 0 Å². The average Bonchev–Trinajstić information content (AvgIpc) is 2.44. The summed E-state index contributed by atoms with van der Waals surface area (Å²) in [7, 11) is 0. The van der Waals surface area contributed by atoms with Crippen molar-refractivity contribution in [3.8, 4) is 0 Å². The lowest BCUT2D eigenvalue weighted by molar-refractivity contribution is 0.325. The lowest BCUT2D eigenvalue weighted by atomic mass is 9.85. The Morgan fingerprint density at radius 3 is 2.76 bits per heavy atom. The summed E-state index contributed by atoms with van der Waals surface area (Å²) in [6.07, 6.45) is 5.25. The van der Waals surface area contributed by atoms with Crippen LogP contribution < -0.4 is 4.90 Å². The molecule has 0 saturated carbocycles. The van der Waals surface area contributed by atoms with E-state index in [-0.39, 0.29) is 0 Å². The van der Waals surface area contributed by atoms with Gasteiger partial charge in [-0.25, -0.2) is 9.97 Å². The largest absolute Gasteiger partial charge is 0.356 e. The van der Waals surface area contributed by atoms with E-state index in [1.165, 1.54) is 19.3 Å². The van der Waals surface area contributed by atoms with Gasteiger partial charge in [-0.15, -0.1) is 0 Å². The third kappa shape index (κ3) is 2.89. The third-order valence-corrected chi connectivity index (χ3v) is 4.02. The van der Waals surface area contributed by atoms with Gasteiger partial charge in [-0.2, -0.15) is 0 Å². The van der Waals surface area contributed by atoms with Crippen LogP contribution in [0, 0.1) is 12.3 Å². The summed E-state index contributed by atoms with van der Waals surface area (Å²) < 4.78 is 0. The average molecular weight is 254 g/mol. The van der Waals surface area contributed by atoms with Crippen LogP contribution in [-0.2, 0) is 0 Å². The first-order valence-corrected chi connectivity index (χ1v) is 6.59. The number of aromatic nitrogens is 2. The van der Waals surface area contributed by atoms with Crippen LogP contribution in [0.1, 0.15) is 38.7 Å². The highest BCUT2D eigenvalue weighted by molar-refractivity contribution is 6.30. The molecule has 1 fully saturated rings. The highest BCUT2D eigenvalue weighted by Gasteiger charge is 2.24. The number of anilines is 1. The Kier molecular flexibility index (Phi) is 3.57. The second-order valence-corrected chi connectivity index (χ2v) is 5.98. The minimum Gasteiger partial charge on any atom is -0.356 e. The topological polar surface area (TPSA) is 29.0 Å². The van der Waals surface area contributed by atoms with Crippen molar-refractivity contribution in [2.75, 3.05) is 18.0 Å². The minimum atomic E-state index is 0.444. The zero-order valence-electron chi connectivity index (χ0n) is 10.8. The third-order valence-electron chi connectivity index (χ3n) is 3.64. The molecule has 1 aromatic rings. The van der Waals surface area contributed by atoms with E-state index >= 15 is 0 Å². The molecule has 2 heterocycles. The van der Waals surface area contributed by atoms with Gasteiger partial charge < -0.3 is 4.90 Å². The predicted octanol–water partition coefficient (Wildman–Crippen LogP) is 3.45. The zero-order valence-corrected chi connectivity index (χ0v) is 11.6. The highest BCUT2D eigenvalue weighted by Crippen LogP contribution is 2.32. The second-order valence-electron chi connectivity index (χ2n) is 5.62. The van der Waals surface area contributed by atoms with E-state index in [0.29, 0.717) is 10.6 Å². The summed E-state index contributed by atoms with van der Waals surface area (Å²) in [5.74, 6) is 1.00. The first kappa shape index (κ1) is 12.6. The molecule has 0 aromatic carbocycles. The first-order valence-electron chi connectivity index (χ1n) is 6.22. The van der Waals surface area contributed by atoms with Crippen molar-refractivity contribution < 1.29 is 0 Å². The smallest absolute Gasteiger partial charge is 0.137 e. The summed E-state index contributed by atoms with van der Waals surface area (Å²) in [6, 6.07) is 0. The van der Waals surface area contributed by atoms with Gasteiger partial charge in [0.1, 0.15) is 17.3 Å². The first-order chi connectivity index (χ1) is 7.99. The summed E-state index contributed by atoms with van der Waals surface area (Å²) >= 11 is 6.05. The number of halogens is 1. The van der Waals surface area contributed by atoms with Crippen molar-refractivity contribution in [1.82, 2.24) is 9.97 Å². The van der Waals surface area contributed by atoms with E-state index < -0.39 is 0 Å². The van der Waals surface area contributed by atoms with Gasteiger partial charge in [0.15, 0.2) is 0 Å². The maximum Gasteiger partial charge on any atom is 0.137 e. The molecule has 1 aliphatic heterocycles. The summed E-state index contributed by atoms with van der Waals surface area (Å²) in [5, 5.41) is 0.568. The quantitative estimate of drug-likeness (QED) is 0.718. The molecule has 0 atom stereocenters. The molecule has 1 aromatic heterocycles. The van der Waals surface area contributed by atoms with E-state index in [2.05, 4.69) is 28.7 Å². The number of nitrogens with zero attached hydrogens (tertiary/aromatic N) is 3. The van der Waals surface area contributed by atoms with Crippen molar-refractivity contribution in [1.29, 1.82) is 0 Å². The molecule has 0 N–H and O–H groups in total. The van der Waals surface area contributed by atoms with Gasteiger partial charge >= 0.3 is 0 Å². The summed E-state index contributed by atoms with van der Waals surface area (Å²) in [6.45, 7) is 8.80. The summed E-state index contributed by atoms with van der Waals surface area (Å²) in [4.78, 5) is 10.7. The van der Waals surface area contributed by atoms with Crippen LogP contribution in [-0.4, -0.2) is 23.1 Å². The Balaban J connectivity index is 2.20. The van der Waals surface area contributed by atoms with Crippen molar-refractivity contribution in [2.24, 2.45) is 5.41 Å². The molecular formula is C13H20ClN3. The molecule has 0 spiro atoms. The zero-order chi connectivity index (χ0) is 12.5. The SMILES string of the molecule is Cc1c(Cl)ncnc1N1CCCC(C)(C)CC1. The van der Waals surface area contributed by atoms with E-state index in [1.807, 2.05) is 6.92 Å². The van der Waals surface area contributed by atoms with Crippen LogP contribution in [0.2, 0.25) is 5.15 Å². The van der Waals surface area contributed by atoms with E-state index in [9.17, 15) is 0 Å². The molecule has 1 aliphatic rings. The molecule has 2 rings (SSSR count). The summed E-state index contributed by atoms with van der Waals surface area (Å²) in [5.41, 5.74) is 1.44. The lowest BCUT2D eigenvalue weighted by Crippen LogP contribution is -2.26. The molecule has 1 saturated heterocycles. The Labute approximate surface area is 108 Å². The lowest BCUT2D eigenvalue weighted by Gasteiger charge is -2.25. The normalized spacial score (nSPS) is 20.1. The molecule has 17 heavy (non-hydrogen) atoms. The minimum absolute atomic E-state index is 0.444. The van der Waals surface area contributed by atoms with Crippen LogP contribution >= 0.6 is 11.6 Å². The number of hydrogen-bond donors (Lipinski definition) is 0. The fourth-order valence-electron chi connectivity index (χ4n) is 2.37. The van der Waals surface area contributed by atoms with Gasteiger partial charge in [0, 0.05) is 18.7 Å². The molecule has 0 unspecified atom stereocenters. The van der Waals surface area contributed by atoms with Gasteiger partial charge in [-0.1, -0.05) is 25.4 Å². The molecule has 3 nitrogen and oxygen atoms in total. The molecule has 0 amide bonds. The van der Waals surface area contributed by atoms with Crippen LogP contribution in [0.5, 0.6) is 0 Å². The monoisotopic (exact) mass is 253 g/mol. The number of hydrogen-bond acceptors (Lipinski definition) is 3. The maximum atomic E-state index is 6.05. The van der Waals surface area contributed by atoms with Gasteiger partial charge in [-0.3, -0.25) is 0 Å². The fraction of sp³-hybridized carbons (Fsp3) is 0.692. The molecule has 94 valence electrons. The molecule has 0 radical (unpaired) electrons. The number of rotatable bonds is 1. The Hall–Kier alpha value is -0.830. The van der Waals surface area contributed by atoms with Crippen LogP contribution in [0.15, 0.2) is 6.33 Å². The second kappa shape index (κ2) is 4.81. The maximum absolute atomic E-state index is 6.05. The molecule has 4 heteroatoms. The van der Waals surface area contributed by atoms with Crippen molar-refractivity contribution in [3.63, 3.8) is 0 Å². The van der Waals surface area contributed by atoms with Crippen molar-refractivity contribution in [2.45, 2.75) is 40.0 Å². The van der Waals surface area contributed by atoms with E-state index in [0.717, 1.165) is 24.5 Å². The van der Waals surface area contributed by atoms with Crippen LogP contribution in [0.3, 0.4) is 0 Å². The van der Waals surface area contributed by atoms with Gasteiger partial charge in [0.2, 0.25) is 0 Å². The van der Waals surface area contributed by atoms with Gasteiger partial charge in [0.25, 0.3) is 0 Å². The Morgan fingerprint density at radius 1 is 1.24 bits per heavy atom. The molecular weight excluding hydrogens is 234 g/mol.